The van der Waals surface area contributed by atoms with Crippen LogP contribution in [0.2, 0.25) is 0 Å². The summed E-state index contributed by atoms with van der Waals surface area (Å²) in [5, 5.41) is 8.41. The van der Waals surface area contributed by atoms with Crippen LogP contribution in [0.4, 0.5) is 17.1 Å². The Kier molecular flexibility index (Phi) is 17.1. The second-order valence-corrected chi connectivity index (χ2v) is 22.3. The molecule has 27 heteroatoms. The normalized spacial score (nSPS) is 19.0. The summed E-state index contributed by atoms with van der Waals surface area (Å²) < 4.78 is 60.1. The van der Waals surface area contributed by atoms with Gasteiger partial charge in [0, 0.05) is 92.1 Å². The van der Waals surface area contributed by atoms with Crippen molar-refractivity contribution in [1.82, 2.24) is 41.9 Å². The predicted octanol–water partition coefficient (Wildman–Crippen LogP) is 6.54. The van der Waals surface area contributed by atoms with Crippen molar-refractivity contribution in [2.45, 2.75) is 75.0 Å². The molecule has 0 bridgehead atoms. The summed E-state index contributed by atoms with van der Waals surface area (Å²) in [5.74, 6) is -0.0715. The Morgan fingerprint density at radius 1 is 0.433 bits per heavy atom. The minimum absolute atomic E-state index is 0.102. The molecule has 12 heterocycles. The molecule has 6 fully saturated rings. The van der Waals surface area contributed by atoms with E-state index in [2.05, 4.69) is 30.9 Å². The topological polar surface area (TPSA) is 288 Å². The third-order valence-electron chi connectivity index (χ3n) is 16.0. The number of amides is 3. The summed E-state index contributed by atoms with van der Waals surface area (Å²) in [6.45, 7) is 4.67. The highest BCUT2D eigenvalue weighted by Crippen LogP contribution is 2.36. The fraction of sp³-hybridized carbons (Fsp3) is 0.381. The molecule has 3 aliphatic heterocycles. The van der Waals surface area contributed by atoms with Gasteiger partial charge in [-0.1, -0.05) is 0 Å². The lowest BCUT2D eigenvalue weighted by Gasteiger charge is -2.20. The molecule has 3 N–H and O–H groups in total. The minimum atomic E-state index is -0.475. The van der Waals surface area contributed by atoms with Gasteiger partial charge in [-0.05, 0) is 74.9 Å². The fourth-order valence-corrected chi connectivity index (χ4v) is 10.9. The first-order chi connectivity index (χ1) is 43.9. The molecule has 90 heavy (non-hydrogen) atoms. The van der Waals surface area contributed by atoms with Crippen LogP contribution in [-0.4, -0.2) is 140 Å². The number of imidazole rings is 3. The molecule has 9 aromatic rings. The van der Waals surface area contributed by atoms with Crippen molar-refractivity contribution < 1.29 is 57.0 Å². The Labute approximate surface area is 512 Å². The van der Waals surface area contributed by atoms with Crippen molar-refractivity contribution in [3.05, 3.63) is 175 Å². The van der Waals surface area contributed by atoms with Crippen LogP contribution in [0.15, 0.2) is 125 Å². The number of carbonyl (C=O) groups excluding carboxylic acids is 3. The van der Waals surface area contributed by atoms with Crippen LogP contribution >= 0.6 is 0 Å². The van der Waals surface area contributed by atoms with E-state index in [1.807, 2.05) is 18.6 Å². The molecular formula is C63H66N12O15. The van der Waals surface area contributed by atoms with Gasteiger partial charge in [-0.15, -0.1) is 0 Å². The van der Waals surface area contributed by atoms with E-state index in [4.69, 9.17) is 42.6 Å². The van der Waals surface area contributed by atoms with Crippen LogP contribution in [0, 0.1) is 0 Å². The highest BCUT2D eigenvalue weighted by atomic mass is 16.6. The number of nitrogens with one attached hydrogen (secondary N) is 3. The number of hydrogen-bond donors (Lipinski definition) is 3. The molecule has 27 nitrogen and oxygen atoms in total. The quantitative estimate of drug-likeness (QED) is 0.0982. The standard InChI is InChI=1S/3C21H22N4O5/c3*1-28-17-9-19-22-16(18-12-29-7-8-30-18)11-24(19)10-15(17)23-20(26)14-3-2-6-25(21(14)27)13-4-5-13/h3*2-3,6,9-11,13,18H,4-5,7-8,12H2,1H3,(H,23,26). The van der Waals surface area contributed by atoms with Crippen LogP contribution < -0.4 is 46.8 Å². The average Bonchev–Trinajstić information content (AvgIpc) is 1.85. The van der Waals surface area contributed by atoms with Gasteiger partial charge in [-0.25, -0.2) is 15.0 Å². The summed E-state index contributed by atoms with van der Waals surface area (Å²) in [7, 11) is 4.56. The molecular weight excluding hydrogens is 1160 g/mol. The van der Waals surface area contributed by atoms with E-state index in [1.165, 1.54) is 39.5 Å². The fourth-order valence-electron chi connectivity index (χ4n) is 10.9. The number of aromatic nitrogens is 9. The van der Waals surface area contributed by atoms with Crippen LogP contribution in [0.1, 0.15) is 123 Å². The second-order valence-electron chi connectivity index (χ2n) is 22.3. The maximum atomic E-state index is 12.8. The first-order valence-corrected chi connectivity index (χ1v) is 29.8. The highest BCUT2D eigenvalue weighted by Gasteiger charge is 2.30. The predicted molar refractivity (Wildman–Crippen MR) is 325 cm³/mol. The zero-order valence-electron chi connectivity index (χ0n) is 49.6. The van der Waals surface area contributed by atoms with Crippen LogP contribution in [-0.2, 0) is 28.4 Å². The molecule has 0 aromatic carbocycles. The van der Waals surface area contributed by atoms with Gasteiger partial charge in [0.15, 0.2) is 0 Å². The third-order valence-corrected chi connectivity index (χ3v) is 16.0. The zero-order chi connectivity index (χ0) is 62.0. The van der Waals surface area contributed by atoms with E-state index in [1.54, 1.807) is 100 Å². The third kappa shape index (κ3) is 12.9. The van der Waals surface area contributed by atoms with Crippen molar-refractivity contribution in [1.29, 1.82) is 0 Å². The van der Waals surface area contributed by atoms with Crippen LogP contribution in [0.3, 0.4) is 0 Å². The smallest absolute Gasteiger partial charge is 0.263 e. The monoisotopic (exact) mass is 1230 g/mol. The molecule has 3 amide bonds. The summed E-state index contributed by atoms with van der Waals surface area (Å²) in [6, 6.07) is 15.6. The van der Waals surface area contributed by atoms with E-state index >= 15 is 0 Å². The number of ether oxygens (including phenoxy) is 9. The first kappa shape index (κ1) is 59.5. The lowest BCUT2D eigenvalue weighted by atomic mass is 10.2. The van der Waals surface area contributed by atoms with Gasteiger partial charge in [0.25, 0.3) is 34.4 Å². The largest absolute Gasteiger partial charge is 0.494 e. The van der Waals surface area contributed by atoms with E-state index in [-0.39, 0.29) is 69.8 Å². The van der Waals surface area contributed by atoms with E-state index in [0.29, 0.717) is 111 Å². The molecule has 15 rings (SSSR count). The lowest BCUT2D eigenvalue weighted by Crippen LogP contribution is -2.28. The number of hydrogen-bond acceptors (Lipinski definition) is 18. The maximum Gasteiger partial charge on any atom is 0.263 e. The molecule has 0 spiro atoms. The van der Waals surface area contributed by atoms with Gasteiger partial charge in [0.2, 0.25) is 0 Å². The van der Waals surface area contributed by atoms with E-state index < -0.39 is 17.7 Å². The lowest BCUT2D eigenvalue weighted by molar-refractivity contribution is -0.0916. The van der Waals surface area contributed by atoms with Crippen molar-refractivity contribution in [2.24, 2.45) is 0 Å². The average molecular weight is 1230 g/mol. The first-order valence-electron chi connectivity index (χ1n) is 29.8. The van der Waals surface area contributed by atoms with E-state index in [0.717, 1.165) is 55.6 Å². The molecule has 6 aliphatic rings. The molecule has 468 valence electrons. The number of methoxy groups -OCH3 is 3. The van der Waals surface area contributed by atoms with Crippen molar-refractivity contribution in [3.8, 4) is 17.2 Å². The van der Waals surface area contributed by atoms with Gasteiger partial charge in [0.1, 0.15) is 86.3 Å². The highest BCUT2D eigenvalue weighted by molar-refractivity contribution is 6.06. The molecule has 3 saturated carbocycles. The number of nitrogens with zero attached hydrogens (tertiary/aromatic N) is 9. The Balaban J connectivity index is 0.000000124. The maximum absolute atomic E-state index is 12.8. The van der Waals surface area contributed by atoms with Gasteiger partial charge in [0.05, 0.1) is 97.9 Å². The van der Waals surface area contributed by atoms with Gasteiger partial charge < -0.3 is 85.5 Å². The SMILES string of the molecule is COc1cc2nc(C3COCCO3)cn2cc1NC(=O)c1cccn(C2CC2)c1=O.COc1cc2nc(C3COCCO3)cn2cc1NC(=O)c1cccn(C2CC2)c1=O.COc1cc2nc(C3COCCO3)cn2cc1NC(=O)c1cccn(C2CC2)c1=O. The molecule has 3 saturated heterocycles. The number of rotatable bonds is 15. The number of carbonyl (C=O) groups is 3. The van der Waals surface area contributed by atoms with Gasteiger partial charge in [-0.3, -0.25) is 28.8 Å². The second kappa shape index (κ2) is 25.9. The van der Waals surface area contributed by atoms with Crippen LogP contribution in [0.25, 0.3) is 16.9 Å². The molecule has 9 aromatic heterocycles. The minimum Gasteiger partial charge on any atom is -0.494 e. The molecule has 0 radical (unpaired) electrons. The van der Waals surface area contributed by atoms with Gasteiger partial charge in [-0.2, -0.15) is 0 Å². The van der Waals surface area contributed by atoms with E-state index in [9.17, 15) is 28.8 Å². The number of anilines is 3. The number of pyridine rings is 6. The van der Waals surface area contributed by atoms with Gasteiger partial charge >= 0.3 is 0 Å². The molecule has 3 unspecified atom stereocenters. The summed E-state index contributed by atoms with van der Waals surface area (Å²) in [4.78, 5) is 90.3. The van der Waals surface area contributed by atoms with Crippen molar-refractivity contribution in [2.75, 3.05) is 96.7 Å². The van der Waals surface area contributed by atoms with Crippen LogP contribution in [0.5, 0.6) is 17.2 Å². The van der Waals surface area contributed by atoms with Crippen molar-refractivity contribution >= 4 is 51.7 Å². The Morgan fingerprint density at radius 2 is 0.722 bits per heavy atom. The summed E-state index contributed by atoms with van der Waals surface area (Å²) in [5.41, 5.74) is 5.01. The van der Waals surface area contributed by atoms with Crippen molar-refractivity contribution in [3.63, 3.8) is 0 Å². The summed E-state index contributed by atoms with van der Waals surface area (Å²) in [6.07, 6.45) is 21.0. The number of fused-ring (bicyclic) bond motifs is 3. The Bertz CT molecular complexity index is 3910. The Hall–Kier alpha value is -9.51. The Morgan fingerprint density at radius 3 is 0.967 bits per heavy atom. The summed E-state index contributed by atoms with van der Waals surface area (Å²) >= 11 is 0. The zero-order valence-corrected chi connectivity index (χ0v) is 49.6. The molecule has 3 atom stereocenters. The molecule has 3 aliphatic carbocycles.